The fraction of sp³-hybridized carbons (Fsp3) is 0.471. The molecule has 0 aliphatic rings. The number of benzene rings is 1. The maximum Gasteiger partial charge on any atom is 0.0596 e. The van der Waals surface area contributed by atoms with Crippen LogP contribution in [0.3, 0.4) is 0 Å². The molecule has 0 spiro atoms. The van der Waals surface area contributed by atoms with E-state index in [2.05, 4.69) is 54.8 Å². The highest BCUT2D eigenvalue weighted by atomic mass is 15.3. The van der Waals surface area contributed by atoms with Crippen molar-refractivity contribution in [2.75, 3.05) is 0 Å². The zero-order chi connectivity index (χ0) is 14.7. The molecule has 2 rings (SSSR count). The van der Waals surface area contributed by atoms with Gasteiger partial charge in [0.05, 0.1) is 5.69 Å². The quantitative estimate of drug-likeness (QED) is 0.908. The Labute approximate surface area is 121 Å². The molecule has 108 valence electrons. The van der Waals surface area contributed by atoms with Gasteiger partial charge in [0.25, 0.3) is 0 Å². The molecular weight excluding hydrogens is 246 g/mol. The Balaban J connectivity index is 2.04. The van der Waals surface area contributed by atoms with Crippen molar-refractivity contribution in [1.82, 2.24) is 9.78 Å². The van der Waals surface area contributed by atoms with E-state index < -0.39 is 0 Å². The van der Waals surface area contributed by atoms with E-state index in [0.717, 1.165) is 25.1 Å². The molecule has 0 aliphatic carbocycles. The molecule has 2 aromatic rings. The Kier molecular flexibility index (Phi) is 4.61. The van der Waals surface area contributed by atoms with Crippen molar-refractivity contribution in [3.63, 3.8) is 0 Å². The number of rotatable bonds is 5. The standard InChI is InChI=1S/C17H25N3/c1-5-20-17(9-14(4)19-20)11-16(18)10-15-7-6-12(2)13(3)8-15/h6-9,16H,5,10-11,18H2,1-4H3. The zero-order valence-electron chi connectivity index (χ0n) is 13.0. The summed E-state index contributed by atoms with van der Waals surface area (Å²) in [4.78, 5) is 0. The van der Waals surface area contributed by atoms with E-state index >= 15 is 0 Å². The molecule has 20 heavy (non-hydrogen) atoms. The molecule has 0 bridgehead atoms. The van der Waals surface area contributed by atoms with Crippen LogP contribution in [-0.2, 0) is 19.4 Å². The summed E-state index contributed by atoms with van der Waals surface area (Å²) in [7, 11) is 0. The predicted octanol–water partition coefficient (Wildman–Crippen LogP) is 2.94. The van der Waals surface area contributed by atoms with Crippen LogP contribution in [-0.4, -0.2) is 15.8 Å². The molecule has 1 unspecified atom stereocenters. The van der Waals surface area contributed by atoms with E-state index in [0.29, 0.717) is 0 Å². The van der Waals surface area contributed by atoms with Crippen molar-refractivity contribution < 1.29 is 0 Å². The molecule has 3 heteroatoms. The SMILES string of the molecule is CCn1nc(C)cc1CC(N)Cc1ccc(C)c(C)c1. The van der Waals surface area contributed by atoms with Gasteiger partial charge in [0.1, 0.15) is 0 Å². The van der Waals surface area contributed by atoms with Gasteiger partial charge >= 0.3 is 0 Å². The van der Waals surface area contributed by atoms with E-state index in [1.165, 1.54) is 22.4 Å². The fourth-order valence-electron chi connectivity index (χ4n) is 2.61. The van der Waals surface area contributed by atoms with Crippen LogP contribution >= 0.6 is 0 Å². The molecule has 0 amide bonds. The maximum absolute atomic E-state index is 6.32. The van der Waals surface area contributed by atoms with Crippen LogP contribution in [0.4, 0.5) is 0 Å². The average molecular weight is 271 g/mol. The van der Waals surface area contributed by atoms with Gasteiger partial charge in [0, 0.05) is 24.7 Å². The summed E-state index contributed by atoms with van der Waals surface area (Å²) in [5.41, 5.74) is 12.6. The Bertz CT molecular complexity index is 584. The number of aromatic nitrogens is 2. The second-order valence-electron chi connectivity index (χ2n) is 5.68. The van der Waals surface area contributed by atoms with Crippen molar-refractivity contribution in [2.45, 2.75) is 53.1 Å². The van der Waals surface area contributed by atoms with Crippen molar-refractivity contribution in [1.29, 1.82) is 0 Å². The normalized spacial score (nSPS) is 12.7. The third-order valence-electron chi connectivity index (χ3n) is 3.83. The summed E-state index contributed by atoms with van der Waals surface area (Å²) in [6, 6.07) is 8.89. The van der Waals surface area contributed by atoms with Crippen LogP contribution in [0.2, 0.25) is 0 Å². The number of nitrogens with zero attached hydrogens (tertiary/aromatic N) is 2. The first-order chi connectivity index (χ1) is 9.49. The smallest absolute Gasteiger partial charge is 0.0596 e. The summed E-state index contributed by atoms with van der Waals surface area (Å²) < 4.78 is 2.05. The number of hydrogen-bond donors (Lipinski definition) is 1. The van der Waals surface area contributed by atoms with Gasteiger partial charge in [-0.05, 0) is 56.9 Å². The molecule has 2 N–H and O–H groups in total. The van der Waals surface area contributed by atoms with E-state index in [1.807, 2.05) is 6.92 Å². The molecule has 1 aromatic heterocycles. The van der Waals surface area contributed by atoms with Gasteiger partial charge in [-0.3, -0.25) is 4.68 Å². The largest absolute Gasteiger partial charge is 0.327 e. The number of aryl methyl sites for hydroxylation is 4. The van der Waals surface area contributed by atoms with Gasteiger partial charge in [-0.25, -0.2) is 0 Å². The molecule has 0 saturated heterocycles. The molecule has 1 aromatic carbocycles. The maximum atomic E-state index is 6.32. The van der Waals surface area contributed by atoms with Crippen LogP contribution in [0.5, 0.6) is 0 Å². The second-order valence-corrected chi connectivity index (χ2v) is 5.68. The van der Waals surface area contributed by atoms with Crippen molar-refractivity contribution >= 4 is 0 Å². The van der Waals surface area contributed by atoms with Crippen LogP contribution < -0.4 is 5.73 Å². The van der Waals surface area contributed by atoms with Crippen molar-refractivity contribution in [3.8, 4) is 0 Å². The van der Waals surface area contributed by atoms with Crippen molar-refractivity contribution in [2.24, 2.45) is 5.73 Å². The third kappa shape index (κ3) is 3.48. The zero-order valence-corrected chi connectivity index (χ0v) is 13.0. The van der Waals surface area contributed by atoms with E-state index in [9.17, 15) is 0 Å². The highest BCUT2D eigenvalue weighted by Crippen LogP contribution is 2.13. The van der Waals surface area contributed by atoms with Crippen LogP contribution in [0, 0.1) is 20.8 Å². The lowest BCUT2D eigenvalue weighted by Gasteiger charge is -2.13. The van der Waals surface area contributed by atoms with E-state index in [4.69, 9.17) is 5.73 Å². The summed E-state index contributed by atoms with van der Waals surface area (Å²) in [6.45, 7) is 9.34. The lowest BCUT2D eigenvalue weighted by atomic mass is 9.99. The third-order valence-corrected chi connectivity index (χ3v) is 3.83. The average Bonchev–Trinajstić information content (AvgIpc) is 2.74. The molecule has 0 radical (unpaired) electrons. The van der Waals surface area contributed by atoms with Crippen molar-refractivity contribution in [3.05, 3.63) is 52.3 Å². The van der Waals surface area contributed by atoms with Gasteiger partial charge in [0.2, 0.25) is 0 Å². The van der Waals surface area contributed by atoms with Gasteiger partial charge in [0.15, 0.2) is 0 Å². The summed E-state index contributed by atoms with van der Waals surface area (Å²) in [6.07, 6.45) is 1.79. The molecule has 1 atom stereocenters. The number of nitrogens with two attached hydrogens (primary N) is 1. The second kappa shape index (κ2) is 6.23. The van der Waals surface area contributed by atoms with Crippen LogP contribution in [0.25, 0.3) is 0 Å². The Hall–Kier alpha value is -1.61. The minimum Gasteiger partial charge on any atom is -0.327 e. The highest BCUT2D eigenvalue weighted by molar-refractivity contribution is 5.30. The fourth-order valence-corrected chi connectivity index (χ4v) is 2.61. The lowest BCUT2D eigenvalue weighted by Crippen LogP contribution is -2.27. The van der Waals surface area contributed by atoms with E-state index in [1.54, 1.807) is 0 Å². The first-order valence-electron chi connectivity index (χ1n) is 7.34. The minimum absolute atomic E-state index is 0.138. The first-order valence-corrected chi connectivity index (χ1v) is 7.34. The predicted molar refractivity (Wildman–Crippen MR) is 83.9 cm³/mol. The number of hydrogen-bond acceptors (Lipinski definition) is 2. The molecule has 3 nitrogen and oxygen atoms in total. The van der Waals surface area contributed by atoms with Gasteiger partial charge < -0.3 is 5.73 Å². The molecular formula is C17H25N3. The molecule has 0 saturated carbocycles. The molecule has 1 heterocycles. The van der Waals surface area contributed by atoms with Gasteiger partial charge in [-0.2, -0.15) is 5.10 Å². The molecule has 0 aliphatic heterocycles. The summed E-state index contributed by atoms with van der Waals surface area (Å²) in [5, 5.41) is 4.48. The van der Waals surface area contributed by atoms with E-state index in [-0.39, 0.29) is 6.04 Å². The van der Waals surface area contributed by atoms with Crippen LogP contribution in [0.1, 0.15) is 35.0 Å². The minimum atomic E-state index is 0.138. The summed E-state index contributed by atoms with van der Waals surface area (Å²) >= 11 is 0. The van der Waals surface area contributed by atoms with Gasteiger partial charge in [-0.1, -0.05) is 18.2 Å². The van der Waals surface area contributed by atoms with Gasteiger partial charge in [-0.15, -0.1) is 0 Å². The Morgan fingerprint density at radius 3 is 2.50 bits per heavy atom. The Morgan fingerprint density at radius 2 is 1.85 bits per heavy atom. The lowest BCUT2D eigenvalue weighted by molar-refractivity contribution is 0.574. The topological polar surface area (TPSA) is 43.8 Å². The monoisotopic (exact) mass is 271 g/mol. The molecule has 0 fully saturated rings. The highest BCUT2D eigenvalue weighted by Gasteiger charge is 2.11. The Morgan fingerprint density at radius 1 is 1.10 bits per heavy atom. The first kappa shape index (κ1) is 14.8. The van der Waals surface area contributed by atoms with Crippen LogP contribution in [0.15, 0.2) is 24.3 Å². The summed E-state index contributed by atoms with van der Waals surface area (Å²) in [5.74, 6) is 0.